The Hall–Kier alpha value is -0.920. The third-order valence-corrected chi connectivity index (χ3v) is 5.49. The Morgan fingerprint density at radius 3 is 2.95 bits per heavy atom. The van der Waals surface area contributed by atoms with E-state index in [1.807, 2.05) is 11.5 Å². The molecule has 1 fully saturated rings. The van der Waals surface area contributed by atoms with Crippen molar-refractivity contribution in [3.8, 4) is 0 Å². The first-order valence-electron chi connectivity index (χ1n) is 7.68. The van der Waals surface area contributed by atoms with Crippen molar-refractivity contribution in [2.45, 2.75) is 45.2 Å². The van der Waals surface area contributed by atoms with Gasteiger partial charge in [0.15, 0.2) is 5.03 Å². The van der Waals surface area contributed by atoms with E-state index in [0.717, 1.165) is 38.3 Å². The van der Waals surface area contributed by atoms with Crippen molar-refractivity contribution in [1.29, 1.82) is 0 Å². The highest BCUT2D eigenvalue weighted by atomic mass is 32.2. The van der Waals surface area contributed by atoms with Crippen LogP contribution in [0.4, 0.5) is 0 Å². The van der Waals surface area contributed by atoms with Crippen molar-refractivity contribution in [3.05, 3.63) is 12.0 Å². The zero-order chi connectivity index (χ0) is 15.5. The fourth-order valence-corrected chi connectivity index (χ4v) is 3.84. The van der Waals surface area contributed by atoms with Crippen molar-refractivity contribution in [1.82, 2.24) is 19.6 Å². The van der Waals surface area contributed by atoms with E-state index in [4.69, 9.17) is 0 Å². The van der Waals surface area contributed by atoms with Crippen molar-refractivity contribution < 1.29 is 8.42 Å². The molecule has 6 nitrogen and oxygen atoms in total. The van der Waals surface area contributed by atoms with Gasteiger partial charge < -0.3 is 9.88 Å². The number of nitrogens with one attached hydrogen (secondary N) is 2. The quantitative estimate of drug-likeness (QED) is 0.825. The topological polar surface area (TPSA) is 76.0 Å². The Bertz CT molecular complexity index is 568. The Labute approximate surface area is 127 Å². The lowest BCUT2D eigenvalue weighted by Crippen LogP contribution is -2.41. The molecule has 0 aromatic carbocycles. The van der Waals surface area contributed by atoms with Gasteiger partial charge in [-0.2, -0.15) is 0 Å². The maximum absolute atomic E-state index is 12.3. The van der Waals surface area contributed by atoms with Crippen LogP contribution >= 0.6 is 0 Å². The highest BCUT2D eigenvalue weighted by Gasteiger charge is 2.25. The molecule has 7 heteroatoms. The van der Waals surface area contributed by atoms with E-state index >= 15 is 0 Å². The summed E-state index contributed by atoms with van der Waals surface area (Å²) in [5.74, 6) is 1.62. The fraction of sp³-hybridized carbons (Fsp3) is 0.786. The largest absolute Gasteiger partial charge is 0.334 e. The molecule has 1 aliphatic rings. The minimum absolute atomic E-state index is 0.134. The van der Waals surface area contributed by atoms with Gasteiger partial charge in [-0.25, -0.2) is 18.1 Å². The van der Waals surface area contributed by atoms with Gasteiger partial charge in [0.25, 0.3) is 10.0 Å². The van der Waals surface area contributed by atoms with Gasteiger partial charge in [0.05, 0.1) is 0 Å². The number of imidazole rings is 1. The van der Waals surface area contributed by atoms with Crippen molar-refractivity contribution in [3.63, 3.8) is 0 Å². The molecule has 0 aliphatic carbocycles. The van der Waals surface area contributed by atoms with Crippen LogP contribution in [0.3, 0.4) is 0 Å². The van der Waals surface area contributed by atoms with Crippen LogP contribution in [0.15, 0.2) is 11.2 Å². The van der Waals surface area contributed by atoms with E-state index in [1.165, 1.54) is 0 Å². The predicted octanol–water partition coefficient (Wildman–Crippen LogP) is 1.13. The van der Waals surface area contributed by atoms with E-state index < -0.39 is 10.0 Å². The Morgan fingerprint density at radius 2 is 2.29 bits per heavy atom. The summed E-state index contributed by atoms with van der Waals surface area (Å²) in [6.07, 6.45) is 3.59. The lowest BCUT2D eigenvalue weighted by atomic mass is 9.88. The number of aryl methyl sites for hydroxylation is 2. The summed E-state index contributed by atoms with van der Waals surface area (Å²) in [5.41, 5.74) is 0. The van der Waals surface area contributed by atoms with E-state index in [9.17, 15) is 8.42 Å². The molecule has 0 amide bonds. The standard InChI is InChI=1S/C14H26N4O2S/c1-4-7-18-10-14(17-12(18)3)21(19,20)16-9-13-5-6-15-8-11(13)2/h10-11,13,15-16H,4-9H2,1-3H3. The fourth-order valence-electron chi connectivity index (χ4n) is 2.74. The molecular weight excluding hydrogens is 288 g/mol. The number of rotatable bonds is 6. The summed E-state index contributed by atoms with van der Waals surface area (Å²) in [6.45, 7) is 9.25. The SMILES string of the molecule is CCCn1cc(S(=O)(=O)NCC2CCNCC2C)nc1C. The Balaban J connectivity index is 2.02. The van der Waals surface area contributed by atoms with E-state index in [1.54, 1.807) is 6.20 Å². The lowest BCUT2D eigenvalue weighted by Gasteiger charge is -2.29. The molecule has 21 heavy (non-hydrogen) atoms. The summed E-state index contributed by atoms with van der Waals surface area (Å²) in [7, 11) is -3.51. The number of aromatic nitrogens is 2. The Kier molecular flexibility index (Phi) is 5.40. The van der Waals surface area contributed by atoms with Crippen LogP contribution in [0.25, 0.3) is 0 Å². The minimum atomic E-state index is -3.51. The number of piperidine rings is 1. The molecule has 2 rings (SSSR count). The molecule has 2 unspecified atom stereocenters. The monoisotopic (exact) mass is 314 g/mol. The molecule has 1 aromatic rings. The van der Waals surface area contributed by atoms with Gasteiger partial charge in [-0.15, -0.1) is 0 Å². The molecule has 1 aliphatic heterocycles. The highest BCUT2D eigenvalue weighted by Crippen LogP contribution is 2.18. The van der Waals surface area contributed by atoms with Crippen LogP contribution in [0, 0.1) is 18.8 Å². The molecule has 1 aromatic heterocycles. The summed E-state index contributed by atoms with van der Waals surface area (Å²) < 4.78 is 29.3. The van der Waals surface area contributed by atoms with E-state index in [2.05, 4.69) is 28.9 Å². The summed E-state index contributed by atoms with van der Waals surface area (Å²) in [5, 5.41) is 3.46. The van der Waals surface area contributed by atoms with Gasteiger partial charge in [0.2, 0.25) is 0 Å². The van der Waals surface area contributed by atoms with Crippen LogP contribution in [-0.4, -0.2) is 37.6 Å². The zero-order valence-electron chi connectivity index (χ0n) is 13.1. The van der Waals surface area contributed by atoms with Gasteiger partial charge in [0, 0.05) is 19.3 Å². The van der Waals surface area contributed by atoms with Crippen LogP contribution in [0.1, 0.15) is 32.5 Å². The average molecular weight is 314 g/mol. The van der Waals surface area contributed by atoms with Crippen molar-refractivity contribution in [2.75, 3.05) is 19.6 Å². The van der Waals surface area contributed by atoms with Crippen LogP contribution in [-0.2, 0) is 16.6 Å². The van der Waals surface area contributed by atoms with Crippen molar-refractivity contribution >= 4 is 10.0 Å². The maximum Gasteiger partial charge on any atom is 0.259 e. The summed E-state index contributed by atoms with van der Waals surface area (Å²) in [6, 6.07) is 0. The number of sulfonamides is 1. The second kappa shape index (κ2) is 6.89. The zero-order valence-corrected chi connectivity index (χ0v) is 13.9. The third-order valence-electron chi connectivity index (χ3n) is 4.19. The molecule has 0 bridgehead atoms. The van der Waals surface area contributed by atoms with Gasteiger partial charge in [-0.1, -0.05) is 13.8 Å². The average Bonchev–Trinajstić information content (AvgIpc) is 2.81. The minimum Gasteiger partial charge on any atom is -0.334 e. The van der Waals surface area contributed by atoms with E-state index in [-0.39, 0.29) is 5.03 Å². The first-order valence-corrected chi connectivity index (χ1v) is 9.16. The van der Waals surface area contributed by atoms with Crippen LogP contribution < -0.4 is 10.0 Å². The summed E-state index contributed by atoms with van der Waals surface area (Å²) >= 11 is 0. The molecule has 0 spiro atoms. The number of nitrogens with zero attached hydrogens (tertiary/aromatic N) is 2. The second-order valence-corrected chi connectivity index (χ2v) is 7.62. The third kappa shape index (κ3) is 4.05. The lowest BCUT2D eigenvalue weighted by molar-refractivity contribution is 0.274. The molecule has 2 N–H and O–H groups in total. The molecule has 120 valence electrons. The molecule has 2 atom stereocenters. The predicted molar refractivity (Wildman–Crippen MR) is 82.6 cm³/mol. The van der Waals surface area contributed by atoms with Gasteiger partial charge >= 0.3 is 0 Å². The second-order valence-electron chi connectivity index (χ2n) is 5.90. The number of hydrogen-bond acceptors (Lipinski definition) is 4. The Morgan fingerprint density at radius 1 is 1.52 bits per heavy atom. The van der Waals surface area contributed by atoms with Crippen molar-refractivity contribution in [2.24, 2.45) is 11.8 Å². The highest BCUT2D eigenvalue weighted by molar-refractivity contribution is 7.89. The molecule has 2 heterocycles. The maximum atomic E-state index is 12.3. The van der Waals surface area contributed by atoms with Gasteiger partial charge in [0.1, 0.15) is 5.82 Å². The van der Waals surface area contributed by atoms with Gasteiger partial charge in [-0.05, 0) is 44.7 Å². The first-order chi connectivity index (χ1) is 9.94. The molecular formula is C14H26N4O2S. The number of hydrogen-bond donors (Lipinski definition) is 2. The first kappa shape index (κ1) is 16.5. The van der Waals surface area contributed by atoms with Gasteiger partial charge in [-0.3, -0.25) is 0 Å². The molecule has 0 saturated carbocycles. The van der Waals surface area contributed by atoms with Crippen LogP contribution in [0.5, 0.6) is 0 Å². The molecule has 1 saturated heterocycles. The normalized spacial score (nSPS) is 23.4. The summed E-state index contributed by atoms with van der Waals surface area (Å²) in [4.78, 5) is 4.18. The smallest absolute Gasteiger partial charge is 0.259 e. The van der Waals surface area contributed by atoms with Crippen LogP contribution in [0.2, 0.25) is 0 Å². The molecule has 0 radical (unpaired) electrons. The van der Waals surface area contributed by atoms with E-state index in [0.29, 0.717) is 18.4 Å².